The molecule has 1 fully saturated rings. The van der Waals surface area contributed by atoms with E-state index in [9.17, 15) is 14.4 Å². The molecule has 2 aliphatic rings. The Morgan fingerprint density at radius 2 is 1.74 bits per heavy atom. The predicted octanol–water partition coefficient (Wildman–Crippen LogP) is 6.09. The molecule has 0 N–H and O–H groups in total. The van der Waals surface area contributed by atoms with Gasteiger partial charge in [-0.1, -0.05) is 53.7 Å². The summed E-state index contributed by atoms with van der Waals surface area (Å²) >= 11 is 0. The Labute approximate surface area is 236 Å². The van der Waals surface area contributed by atoms with Crippen molar-refractivity contribution in [2.75, 3.05) is 6.61 Å². The Morgan fingerprint density at radius 1 is 1.10 bits per heavy atom. The topological polar surface area (TPSA) is 88.1 Å². The first-order valence-corrected chi connectivity index (χ1v) is 14.7. The van der Waals surface area contributed by atoms with Crippen molar-refractivity contribution in [3.8, 4) is 0 Å². The normalized spacial score (nSPS) is 42.7. The monoisotopic (exact) mass is 548 g/mol. The summed E-state index contributed by atoms with van der Waals surface area (Å²) in [5, 5.41) is 0. The van der Waals surface area contributed by atoms with Crippen LogP contribution in [0.1, 0.15) is 88.5 Å². The fourth-order valence-corrected chi connectivity index (χ4v) is 6.16. The van der Waals surface area contributed by atoms with Crippen molar-refractivity contribution in [1.82, 2.24) is 0 Å². The van der Waals surface area contributed by atoms with Crippen LogP contribution in [0.5, 0.6) is 0 Å². The predicted molar refractivity (Wildman–Crippen MR) is 152 cm³/mol. The number of Topliss-reactive ketones (excluding diaryl/α,β-unsaturated/α-hetero) is 2. The highest BCUT2D eigenvalue weighted by atomic mass is 16.7. The third kappa shape index (κ3) is 8.11. The number of carbonyl (C=O) groups excluding carboxylic acids is 3. The van der Waals surface area contributed by atoms with E-state index in [1.54, 1.807) is 26.8 Å². The highest BCUT2D eigenvalue weighted by Crippen LogP contribution is 2.39. The van der Waals surface area contributed by atoms with Crippen LogP contribution in [0.3, 0.4) is 0 Å². The van der Waals surface area contributed by atoms with Crippen LogP contribution >= 0.6 is 0 Å². The number of hydrogen-bond donors (Lipinski definition) is 0. The number of carbonyl (C=O) groups is 3. The lowest BCUT2D eigenvalue weighted by molar-refractivity contribution is -0.281. The molecule has 7 nitrogen and oxygen atoms in total. The first-order valence-electron chi connectivity index (χ1n) is 14.7. The summed E-state index contributed by atoms with van der Waals surface area (Å²) in [7, 11) is 0. The molecule has 0 aliphatic carbocycles. The van der Waals surface area contributed by atoms with Gasteiger partial charge in [-0.2, -0.15) is 0 Å². The molecule has 2 unspecified atom stereocenters. The van der Waals surface area contributed by atoms with Crippen molar-refractivity contribution >= 4 is 17.5 Å². The molecule has 0 saturated carbocycles. The number of ether oxygens (including phenoxy) is 4. The molecule has 2 rings (SSSR count). The molecular formula is C32H52O7. The first-order chi connectivity index (χ1) is 18.2. The minimum absolute atomic E-state index is 0.00113. The Morgan fingerprint density at radius 3 is 2.33 bits per heavy atom. The minimum atomic E-state index is -1.04. The van der Waals surface area contributed by atoms with Crippen molar-refractivity contribution in [3.63, 3.8) is 0 Å². The second-order valence-electron chi connectivity index (χ2n) is 12.3. The van der Waals surface area contributed by atoms with E-state index in [4.69, 9.17) is 18.9 Å². The second-order valence-corrected chi connectivity index (χ2v) is 12.3. The third-order valence-electron chi connectivity index (χ3n) is 8.81. The van der Waals surface area contributed by atoms with Gasteiger partial charge in [0.25, 0.3) is 0 Å². The van der Waals surface area contributed by atoms with Gasteiger partial charge in [-0.05, 0) is 58.4 Å². The second kappa shape index (κ2) is 14.2. The van der Waals surface area contributed by atoms with Crippen molar-refractivity contribution in [2.24, 2.45) is 35.5 Å². The Kier molecular flexibility index (Phi) is 12.1. The molecule has 39 heavy (non-hydrogen) atoms. The van der Waals surface area contributed by atoms with Gasteiger partial charge in [0.15, 0.2) is 17.9 Å². The van der Waals surface area contributed by atoms with E-state index in [0.717, 1.165) is 6.42 Å². The van der Waals surface area contributed by atoms with Crippen LogP contribution in [-0.2, 0) is 33.3 Å². The van der Waals surface area contributed by atoms with Gasteiger partial charge in [-0.15, -0.1) is 6.58 Å². The summed E-state index contributed by atoms with van der Waals surface area (Å²) in [6.45, 7) is 23.1. The average molecular weight is 549 g/mol. The fraction of sp³-hybridized carbons (Fsp3) is 0.781. The van der Waals surface area contributed by atoms with E-state index < -0.39 is 47.8 Å². The molecule has 2 aliphatic heterocycles. The van der Waals surface area contributed by atoms with Crippen LogP contribution in [0.15, 0.2) is 24.3 Å². The molecule has 0 amide bonds. The van der Waals surface area contributed by atoms with Gasteiger partial charge in [0.05, 0.1) is 24.4 Å². The van der Waals surface area contributed by atoms with Crippen molar-refractivity contribution in [1.29, 1.82) is 0 Å². The molecule has 2 heterocycles. The van der Waals surface area contributed by atoms with Gasteiger partial charge in [-0.25, -0.2) is 0 Å². The molecule has 222 valence electrons. The van der Waals surface area contributed by atoms with Gasteiger partial charge in [0.2, 0.25) is 0 Å². The summed E-state index contributed by atoms with van der Waals surface area (Å²) in [6.07, 6.45) is 3.56. The maximum absolute atomic E-state index is 13.8. The first kappa shape index (κ1) is 33.4. The molecule has 0 bridgehead atoms. The quantitative estimate of drug-likeness (QED) is 0.225. The number of cyclic esters (lactones) is 1. The zero-order chi connectivity index (χ0) is 29.7. The van der Waals surface area contributed by atoms with Gasteiger partial charge >= 0.3 is 5.97 Å². The molecule has 0 radical (unpaired) electrons. The zero-order valence-electron chi connectivity index (χ0n) is 25.8. The smallest absolute Gasteiger partial charge is 0.316 e. The van der Waals surface area contributed by atoms with Crippen molar-refractivity contribution < 1.29 is 33.3 Å². The third-order valence-corrected chi connectivity index (χ3v) is 8.81. The average Bonchev–Trinajstić information content (AvgIpc) is 2.88. The maximum Gasteiger partial charge on any atom is 0.316 e. The fourth-order valence-electron chi connectivity index (χ4n) is 6.16. The summed E-state index contributed by atoms with van der Waals surface area (Å²) in [6, 6.07) is 0. The van der Waals surface area contributed by atoms with Crippen LogP contribution in [0.2, 0.25) is 0 Å². The van der Waals surface area contributed by atoms with Crippen molar-refractivity contribution in [3.05, 3.63) is 24.3 Å². The number of hydrogen-bond acceptors (Lipinski definition) is 7. The van der Waals surface area contributed by atoms with Crippen LogP contribution in [0, 0.1) is 35.5 Å². The lowest BCUT2D eigenvalue weighted by Gasteiger charge is -2.46. The highest BCUT2D eigenvalue weighted by molar-refractivity contribution is 6.00. The van der Waals surface area contributed by atoms with E-state index >= 15 is 0 Å². The Hall–Kier alpha value is -1.83. The van der Waals surface area contributed by atoms with Gasteiger partial charge in [0, 0.05) is 23.7 Å². The van der Waals surface area contributed by atoms with Crippen LogP contribution in [-0.4, -0.2) is 54.3 Å². The summed E-state index contributed by atoms with van der Waals surface area (Å²) in [5.41, 5.74) is -0.425. The maximum atomic E-state index is 13.8. The Bertz CT molecular complexity index is 910. The van der Waals surface area contributed by atoms with E-state index in [1.807, 2.05) is 40.7 Å². The van der Waals surface area contributed by atoms with E-state index in [1.165, 1.54) is 0 Å². The van der Waals surface area contributed by atoms with Crippen LogP contribution in [0.4, 0.5) is 0 Å². The van der Waals surface area contributed by atoms with Crippen LogP contribution in [0.25, 0.3) is 0 Å². The SMILES string of the molecule is C=CCO[C@@]1(C)C[C@@H](C)C(=O)/C(C)=C/C(C)[C@@H](CC)OC(=O)[C@H](C)C(=O)[C@H](C)[C@H]1OC1O[C@H](C)C[C@H](C)[C@H]1C. The standard InChI is InChI=1S/C32H52O7/c1-12-14-36-32(11)17-21(6)27(33)20(5)15-19(4)26(13-2)38-30(35)25(10)28(34)24(9)29(32)39-31-23(8)18(3)16-22(7)37-31/h12,15,18-19,21-26,29,31H,1,13-14,16-17H2,2-11H3/b20-15+/t18-,19?,21+,22+,23+,24-,25+,26+,29+,31?,32-/m0/s1. The Balaban J connectivity index is 2.63. The van der Waals surface area contributed by atoms with Gasteiger partial charge < -0.3 is 18.9 Å². The number of rotatable bonds is 6. The number of ketones is 2. The summed E-state index contributed by atoms with van der Waals surface area (Å²) < 4.78 is 25.1. The summed E-state index contributed by atoms with van der Waals surface area (Å²) in [4.78, 5) is 40.6. The number of allylic oxidation sites excluding steroid dienone is 1. The lowest BCUT2D eigenvalue weighted by atomic mass is 9.76. The van der Waals surface area contributed by atoms with Crippen LogP contribution < -0.4 is 0 Å². The van der Waals surface area contributed by atoms with E-state index in [-0.39, 0.29) is 36.1 Å². The minimum Gasteiger partial charge on any atom is -0.461 e. The highest BCUT2D eigenvalue weighted by Gasteiger charge is 2.48. The lowest BCUT2D eigenvalue weighted by Crippen LogP contribution is -2.55. The summed E-state index contributed by atoms with van der Waals surface area (Å²) in [5.74, 6) is -2.70. The zero-order valence-corrected chi connectivity index (χ0v) is 25.8. The molecular weight excluding hydrogens is 496 g/mol. The molecule has 0 aromatic rings. The van der Waals surface area contributed by atoms with E-state index in [0.29, 0.717) is 24.3 Å². The molecule has 1 saturated heterocycles. The molecule has 11 atom stereocenters. The van der Waals surface area contributed by atoms with Gasteiger partial charge in [-0.3, -0.25) is 14.4 Å². The number of esters is 1. The molecule has 0 spiro atoms. The van der Waals surface area contributed by atoms with Crippen molar-refractivity contribution in [2.45, 2.75) is 119 Å². The van der Waals surface area contributed by atoms with Gasteiger partial charge in [0.1, 0.15) is 12.0 Å². The molecule has 0 aromatic heterocycles. The molecule has 7 heteroatoms. The largest absolute Gasteiger partial charge is 0.461 e. The molecule has 0 aromatic carbocycles. The van der Waals surface area contributed by atoms with E-state index in [2.05, 4.69) is 20.4 Å².